The molecule has 0 aromatic heterocycles. The molecule has 3 nitrogen and oxygen atoms in total. The van der Waals surface area contributed by atoms with Crippen molar-refractivity contribution in [1.82, 2.24) is 0 Å². The number of anilines is 2. The lowest BCUT2D eigenvalue weighted by molar-refractivity contribution is 0.707. The van der Waals surface area contributed by atoms with E-state index in [1.54, 1.807) is 0 Å². The second-order valence-electron chi connectivity index (χ2n) is 3.65. The first-order valence-corrected chi connectivity index (χ1v) is 4.98. The second kappa shape index (κ2) is 3.70. The topological polar surface area (TPSA) is 53.1 Å². The summed E-state index contributed by atoms with van der Waals surface area (Å²) in [5.74, 6) is 0.723. The van der Waals surface area contributed by atoms with Crippen molar-refractivity contribution in [1.29, 1.82) is 5.41 Å². The summed E-state index contributed by atoms with van der Waals surface area (Å²) in [7, 11) is 0. The van der Waals surface area contributed by atoms with E-state index in [4.69, 9.17) is 11.1 Å². The number of hydrogen-bond donors (Lipinski definition) is 2. The number of piperidine rings is 1. The molecule has 1 aliphatic heterocycles. The Morgan fingerprint density at radius 1 is 1.14 bits per heavy atom. The molecule has 1 saturated heterocycles. The molecular formula is C11H15N3. The molecule has 0 spiro atoms. The van der Waals surface area contributed by atoms with Crippen LogP contribution in [0.5, 0.6) is 0 Å². The lowest BCUT2D eigenvalue weighted by Gasteiger charge is -2.29. The summed E-state index contributed by atoms with van der Waals surface area (Å²) in [5.41, 5.74) is 7.48. The highest BCUT2D eigenvalue weighted by atomic mass is 15.2. The van der Waals surface area contributed by atoms with Crippen LogP contribution >= 0.6 is 0 Å². The zero-order chi connectivity index (χ0) is 9.97. The largest absolute Gasteiger partial charge is 0.399 e. The molecule has 14 heavy (non-hydrogen) atoms. The molecule has 3 N–H and O–H groups in total. The van der Waals surface area contributed by atoms with E-state index < -0.39 is 0 Å². The molecule has 1 aromatic rings. The quantitative estimate of drug-likeness (QED) is 0.666. The van der Waals surface area contributed by atoms with Gasteiger partial charge in [-0.3, -0.25) is 5.41 Å². The lowest BCUT2D eigenvalue weighted by atomic mass is 10.1. The van der Waals surface area contributed by atoms with Crippen LogP contribution in [0.2, 0.25) is 0 Å². The van der Waals surface area contributed by atoms with Gasteiger partial charge in [0.15, 0.2) is 0 Å². The molecule has 0 amide bonds. The van der Waals surface area contributed by atoms with Gasteiger partial charge < -0.3 is 10.6 Å². The van der Waals surface area contributed by atoms with Gasteiger partial charge in [0.1, 0.15) is 5.84 Å². The molecule has 0 radical (unpaired) electrons. The van der Waals surface area contributed by atoms with Gasteiger partial charge >= 0.3 is 0 Å². The predicted molar refractivity (Wildman–Crippen MR) is 59.8 cm³/mol. The highest BCUT2D eigenvalue weighted by Crippen LogP contribution is 2.21. The van der Waals surface area contributed by atoms with E-state index in [0.29, 0.717) is 0 Å². The maximum Gasteiger partial charge on any atom is 0.100 e. The third kappa shape index (κ3) is 1.71. The Balaban J connectivity index is 2.20. The van der Waals surface area contributed by atoms with Gasteiger partial charge in [-0.15, -0.1) is 0 Å². The molecule has 0 unspecified atom stereocenters. The number of rotatable bonds is 1. The van der Waals surface area contributed by atoms with E-state index in [9.17, 15) is 0 Å². The van der Waals surface area contributed by atoms with Crippen molar-refractivity contribution in [2.75, 3.05) is 17.2 Å². The van der Waals surface area contributed by atoms with E-state index in [-0.39, 0.29) is 0 Å². The molecule has 0 aliphatic carbocycles. The van der Waals surface area contributed by atoms with Crippen molar-refractivity contribution >= 4 is 17.2 Å². The summed E-state index contributed by atoms with van der Waals surface area (Å²) in [4.78, 5) is 2.06. The Bertz CT molecular complexity index is 329. The van der Waals surface area contributed by atoms with Gasteiger partial charge in [-0.25, -0.2) is 0 Å². The molecule has 1 aliphatic rings. The Labute approximate surface area is 84.0 Å². The standard InChI is InChI=1S/C11H15N3/c12-9-4-6-10(7-5-9)14-8-2-1-3-11(14)13/h4-7,13H,1-3,8,12H2. The smallest absolute Gasteiger partial charge is 0.100 e. The number of nitrogens with zero attached hydrogens (tertiary/aromatic N) is 1. The first kappa shape index (κ1) is 9.06. The molecule has 0 atom stereocenters. The van der Waals surface area contributed by atoms with Crippen molar-refractivity contribution in [2.24, 2.45) is 0 Å². The number of hydrogen-bond acceptors (Lipinski definition) is 2. The van der Waals surface area contributed by atoms with Crippen LogP contribution in [0.25, 0.3) is 0 Å². The monoisotopic (exact) mass is 189 g/mol. The Kier molecular flexibility index (Phi) is 2.39. The summed E-state index contributed by atoms with van der Waals surface area (Å²) in [6, 6.07) is 7.73. The number of benzene rings is 1. The maximum atomic E-state index is 7.83. The lowest BCUT2D eigenvalue weighted by Crippen LogP contribution is -2.34. The van der Waals surface area contributed by atoms with E-state index in [2.05, 4.69) is 4.90 Å². The van der Waals surface area contributed by atoms with E-state index >= 15 is 0 Å². The first-order chi connectivity index (χ1) is 6.77. The summed E-state index contributed by atoms with van der Waals surface area (Å²) in [6.07, 6.45) is 3.21. The molecular weight excluding hydrogens is 174 g/mol. The molecule has 1 heterocycles. The van der Waals surface area contributed by atoms with E-state index in [1.165, 1.54) is 6.42 Å². The van der Waals surface area contributed by atoms with E-state index in [0.717, 1.165) is 36.6 Å². The fourth-order valence-corrected chi connectivity index (χ4v) is 1.77. The second-order valence-corrected chi connectivity index (χ2v) is 3.65. The Morgan fingerprint density at radius 3 is 2.50 bits per heavy atom. The summed E-state index contributed by atoms with van der Waals surface area (Å²) in [5, 5.41) is 7.83. The van der Waals surface area contributed by atoms with Crippen LogP contribution in [0.15, 0.2) is 24.3 Å². The molecule has 1 aromatic carbocycles. The van der Waals surface area contributed by atoms with Crippen molar-refractivity contribution in [3.63, 3.8) is 0 Å². The Hall–Kier alpha value is -1.51. The number of nitrogens with two attached hydrogens (primary N) is 1. The summed E-state index contributed by atoms with van der Waals surface area (Å²) < 4.78 is 0. The van der Waals surface area contributed by atoms with Gasteiger partial charge in [-0.2, -0.15) is 0 Å². The van der Waals surface area contributed by atoms with Crippen molar-refractivity contribution in [3.8, 4) is 0 Å². The molecule has 1 fully saturated rings. The highest BCUT2D eigenvalue weighted by molar-refractivity contribution is 5.96. The van der Waals surface area contributed by atoms with Gasteiger partial charge in [-0.1, -0.05) is 0 Å². The maximum absolute atomic E-state index is 7.83. The van der Waals surface area contributed by atoms with Crippen molar-refractivity contribution in [2.45, 2.75) is 19.3 Å². The van der Waals surface area contributed by atoms with Crippen LogP contribution in [-0.2, 0) is 0 Å². The molecule has 2 rings (SSSR count). The third-order valence-corrected chi connectivity index (χ3v) is 2.58. The van der Waals surface area contributed by atoms with Gasteiger partial charge in [0, 0.05) is 24.3 Å². The minimum atomic E-state index is 0.723. The van der Waals surface area contributed by atoms with Crippen molar-refractivity contribution < 1.29 is 0 Å². The van der Waals surface area contributed by atoms with E-state index in [1.807, 2.05) is 24.3 Å². The zero-order valence-corrected chi connectivity index (χ0v) is 8.16. The number of amidine groups is 1. The highest BCUT2D eigenvalue weighted by Gasteiger charge is 2.15. The average Bonchev–Trinajstić information content (AvgIpc) is 2.20. The number of nitrogen functional groups attached to an aromatic ring is 1. The fraction of sp³-hybridized carbons (Fsp3) is 0.364. The Morgan fingerprint density at radius 2 is 1.86 bits per heavy atom. The molecule has 3 heteroatoms. The summed E-state index contributed by atoms with van der Waals surface area (Å²) >= 11 is 0. The molecule has 74 valence electrons. The van der Waals surface area contributed by atoms with Crippen LogP contribution in [0.4, 0.5) is 11.4 Å². The van der Waals surface area contributed by atoms with Crippen LogP contribution < -0.4 is 10.6 Å². The van der Waals surface area contributed by atoms with Crippen LogP contribution in [0.1, 0.15) is 19.3 Å². The summed E-state index contributed by atoms with van der Waals surface area (Å²) in [6.45, 7) is 0.961. The average molecular weight is 189 g/mol. The van der Waals surface area contributed by atoms with Gasteiger partial charge in [0.25, 0.3) is 0 Å². The number of nitrogens with one attached hydrogen (secondary N) is 1. The van der Waals surface area contributed by atoms with Gasteiger partial charge in [-0.05, 0) is 37.1 Å². The molecule has 0 saturated carbocycles. The minimum Gasteiger partial charge on any atom is -0.399 e. The fourth-order valence-electron chi connectivity index (χ4n) is 1.77. The zero-order valence-electron chi connectivity index (χ0n) is 8.16. The van der Waals surface area contributed by atoms with Crippen LogP contribution in [-0.4, -0.2) is 12.4 Å². The third-order valence-electron chi connectivity index (χ3n) is 2.58. The minimum absolute atomic E-state index is 0.723. The van der Waals surface area contributed by atoms with Crippen LogP contribution in [0, 0.1) is 5.41 Å². The first-order valence-electron chi connectivity index (χ1n) is 4.98. The van der Waals surface area contributed by atoms with Gasteiger partial charge in [0.2, 0.25) is 0 Å². The van der Waals surface area contributed by atoms with Crippen molar-refractivity contribution in [3.05, 3.63) is 24.3 Å². The molecule has 0 bridgehead atoms. The normalized spacial score (nSPS) is 17.1. The predicted octanol–water partition coefficient (Wildman–Crippen LogP) is 2.24. The van der Waals surface area contributed by atoms with Crippen LogP contribution in [0.3, 0.4) is 0 Å². The SMILES string of the molecule is N=C1CCCCN1c1ccc(N)cc1. The van der Waals surface area contributed by atoms with Gasteiger partial charge in [0.05, 0.1) is 0 Å².